The van der Waals surface area contributed by atoms with Gasteiger partial charge in [0.2, 0.25) is 0 Å². The highest BCUT2D eigenvalue weighted by Gasteiger charge is 2.13. The topological polar surface area (TPSA) is 64.4 Å². The molecule has 0 aliphatic heterocycles. The highest BCUT2D eigenvalue weighted by atomic mass is 32.2. The quantitative estimate of drug-likeness (QED) is 0.399. The van der Waals surface area contributed by atoms with Crippen molar-refractivity contribution in [2.24, 2.45) is 0 Å². The predicted octanol–water partition coefficient (Wildman–Crippen LogP) is 5.93. The molecule has 0 radical (unpaired) electrons. The SMILES string of the molecule is CCOc1ccc2oc(-c3csc(NC(=O)c4cccc(SC)c4)n3)cc2c1. The zero-order valence-electron chi connectivity index (χ0n) is 15.4. The first kappa shape index (κ1) is 18.6. The van der Waals surface area contributed by atoms with E-state index < -0.39 is 0 Å². The lowest BCUT2D eigenvalue weighted by molar-refractivity contribution is 0.102. The number of aromatic nitrogens is 1. The molecule has 1 amide bonds. The molecule has 7 heteroatoms. The minimum Gasteiger partial charge on any atom is -0.494 e. The van der Waals surface area contributed by atoms with Gasteiger partial charge in [-0.25, -0.2) is 4.98 Å². The summed E-state index contributed by atoms with van der Waals surface area (Å²) in [5.74, 6) is 1.29. The molecular weight excluding hydrogens is 392 g/mol. The van der Waals surface area contributed by atoms with Crippen LogP contribution < -0.4 is 10.1 Å². The van der Waals surface area contributed by atoms with Gasteiger partial charge in [-0.15, -0.1) is 23.1 Å². The number of hydrogen-bond acceptors (Lipinski definition) is 6. The van der Waals surface area contributed by atoms with Crippen molar-refractivity contribution < 1.29 is 13.9 Å². The summed E-state index contributed by atoms with van der Waals surface area (Å²) in [5, 5.41) is 6.21. The Hall–Kier alpha value is -2.77. The van der Waals surface area contributed by atoms with Gasteiger partial charge in [0, 0.05) is 21.2 Å². The van der Waals surface area contributed by atoms with E-state index in [0.29, 0.717) is 28.8 Å². The van der Waals surface area contributed by atoms with Crippen LogP contribution in [-0.2, 0) is 0 Å². The van der Waals surface area contributed by atoms with Crippen LogP contribution in [-0.4, -0.2) is 23.8 Å². The zero-order chi connectivity index (χ0) is 19.5. The molecule has 4 rings (SSSR count). The summed E-state index contributed by atoms with van der Waals surface area (Å²) in [6.07, 6.45) is 1.98. The van der Waals surface area contributed by atoms with E-state index in [4.69, 9.17) is 9.15 Å². The van der Waals surface area contributed by atoms with Gasteiger partial charge in [-0.1, -0.05) is 6.07 Å². The number of anilines is 1. The lowest BCUT2D eigenvalue weighted by Gasteiger charge is -2.03. The lowest BCUT2D eigenvalue weighted by Crippen LogP contribution is -2.11. The van der Waals surface area contributed by atoms with Gasteiger partial charge in [0.05, 0.1) is 6.61 Å². The van der Waals surface area contributed by atoms with Crippen molar-refractivity contribution in [2.45, 2.75) is 11.8 Å². The van der Waals surface area contributed by atoms with Crippen LogP contribution in [0.4, 0.5) is 5.13 Å². The van der Waals surface area contributed by atoms with Gasteiger partial charge in [0.25, 0.3) is 5.91 Å². The molecule has 2 heterocycles. The molecule has 142 valence electrons. The van der Waals surface area contributed by atoms with Crippen molar-refractivity contribution in [2.75, 3.05) is 18.2 Å². The molecule has 4 aromatic rings. The molecule has 0 fully saturated rings. The Morgan fingerprint density at radius 2 is 2.14 bits per heavy atom. The molecule has 0 aliphatic carbocycles. The van der Waals surface area contributed by atoms with E-state index >= 15 is 0 Å². The molecule has 0 aliphatic rings. The van der Waals surface area contributed by atoms with E-state index in [9.17, 15) is 4.79 Å². The van der Waals surface area contributed by atoms with Gasteiger partial charge in [-0.3, -0.25) is 10.1 Å². The first-order valence-electron chi connectivity index (χ1n) is 8.74. The van der Waals surface area contributed by atoms with Gasteiger partial charge < -0.3 is 9.15 Å². The number of rotatable bonds is 6. The van der Waals surface area contributed by atoms with Crippen LogP contribution in [0.5, 0.6) is 5.75 Å². The molecule has 2 aromatic carbocycles. The van der Waals surface area contributed by atoms with Crippen LogP contribution >= 0.6 is 23.1 Å². The fraction of sp³-hybridized carbons (Fsp3) is 0.143. The number of nitrogens with one attached hydrogen (secondary N) is 1. The van der Waals surface area contributed by atoms with Crippen molar-refractivity contribution in [1.82, 2.24) is 4.98 Å². The molecular formula is C21H18N2O3S2. The number of thioether (sulfide) groups is 1. The Morgan fingerprint density at radius 3 is 2.96 bits per heavy atom. The van der Waals surface area contributed by atoms with Crippen molar-refractivity contribution in [3.8, 4) is 17.2 Å². The van der Waals surface area contributed by atoms with Crippen molar-refractivity contribution >= 4 is 45.1 Å². The van der Waals surface area contributed by atoms with E-state index in [1.165, 1.54) is 11.3 Å². The molecule has 28 heavy (non-hydrogen) atoms. The maximum Gasteiger partial charge on any atom is 0.257 e. The fourth-order valence-electron chi connectivity index (χ4n) is 2.78. The van der Waals surface area contributed by atoms with Crippen LogP contribution in [0.1, 0.15) is 17.3 Å². The molecule has 0 bridgehead atoms. The monoisotopic (exact) mass is 410 g/mol. The maximum absolute atomic E-state index is 12.5. The van der Waals surface area contributed by atoms with Gasteiger partial charge in [0.15, 0.2) is 10.9 Å². The summed E-state index contributed by atoms with van der Waals surface area (Å²) in [6, 6.07) is 15.1. The van der Waals surface area contributed by atoms with Gasteiger partial charge in [-0.2, -0.15) is 0 Å². The number of carbonyl (C=O) groups is 1. The molecule has 0 unspecified atom stereocenters. The Balaban J connectivity index is 1.53. The normalized spacial score (nSPS) is 10.9. The van der Waals surface area contributed by atoms with Crippen LogP contribution in [0.2, 0.25) is 0 Å². The summed E-state index contributed by atoms with van der Waals surface area (Å²) in [7, 11) is 0. The molecule has 2 aromatic heterocycles. The van der Waals surface area contributed by atoms with E-state index in [-0.39, 0.29) is 5.91 Å². The maximum atomic E-state index is 12.5. The molecule has 0 saturated heterocycles. The third-order valence-corrected chi connectivity index (χ3v) is 5.59. The van der Waals surface area contributed by atoms with Crippen molar-refractivity contribution in [1.29, 1.82) is 0 Å². The number of benzene rings is 2. The number of ether oxygens (including phenoxy) is 1. The summed E-state index contributed by atoms with van der Waals surface area (Å²) >= 11 is 2.97. The number of furan rings is 1. The summed E-state index contributed by atoms with van der Waals surface area (Å²) in [5.41, 5.74) is 2.06. The van der Waals surface area contributed by atoms with E-state index in [0.717, 1.165) is 21.6 Å². The number of thiazole rings is 1. The highest BCUT2D eigenvalue weighted by molar-refractivity contribution is 7.98. The number of nitrogens with zero attached hydrogens (tertiary/aromatic N) is 1. The van der Waals surface area contributed by atoms with Crippen LogP contribution in [0.25, 0.3) is 22.4 Å². The van der Waals surface area contributed by atoms with Crippen LogP contribution in [0, 0.1) is 0 Å². The molecule has 0 saturated carbocycles. The molecule has 5 nitrogen and oxygen atoms in total. The second-order valence-corrected chi connectivity index (χ2v) is 7.71. The van der Waals surface area contributed by atoms with E-state index in [2.05, 4.69) is 10.3 Å². The minimum absolute atomic E-state index is 0.178. The second kappa shape index (κ2) is 8.08. The number of amides is 1. The third kappa shape index (κ3) is 3.90. The molecule has 0 atom stereocenters. The molecule has 1 N–H and O–H groups in total. The zero-order valence-corrected chi connectivity index (χ0v) is 17.0. The van der Waals surface area contributed by atoms with E-state index in [1.807, 2.05) is 61.0 Å². The fourth-order valence-corrected chi connectivity index (χ4v) is 3.94. The Bertz CT molecular complexity index is 1130. The Kier molecular flexibility index (Phi) is 5.36. The van der Waals surface area contributed by atoms with E-state index in [1.54, 1.807) is 17.8 Å². The molecule has 0 spiro atoms. The predicted molar refractivity (Wildman–Crippen MR) is 115 cm³/mol. The minimum atomic E-state index is -0.178. The average Bonchev–Trinajstić information content (AvgIpc) is 3.34. The highest BCUT2D eigenvalue weighted by Crippen LogP contribution is 2.32. The standard InChI is InChI=1S/C21H18N2O3S2/c1-3-25-15-7-8-18-14(9-15)11-19(26-18)17-12-28-21(22-17)23-20(24)13-5-4-6-16(10-13)27-2/h4-12H,3H2,1-2H3,(H,22,23,24). The largest absolute Gasteiger partial charge is 0.494 e. The average molecular weight is 411 g/mol. The number of carbonyl (C=O) groups excluding carboxylic acids is 1. The summed E-state index contributed by atoms with van der Waals surface area (Å²) in [4.78, 5) is 18.0. The summed E-state index contributed by atoms with van der Waals surface area (Å²) in [6.45, 7) is 2.57. The van der Waals surface area contributed by atoms with Crippen LogP contribution in [0.3, 0.4) is 0 Å². The van der Waals surface area contributed by atoms with Gasteiger partial charge in [0.1, 0.15) is 17.0 Å². The second-order valence-electron chi connectivity index (χ2n) is 5.97. The third-order valence-electron chi connectivity index (χ3n) is 4.11. The van der Waals surface area contributed by atoms with Crippen molar-refractivity contribution in [3.63, 3.8) is 0 Å². The van der Waals surface area contributed by atoms with Crippen molar-refractivity contribution in [3.05, 3.63) is 59.5 Å². The Labute approximate surface area is 170 Å². The summed E-state index contributed by atoms with van der Waals surface area (Å²) < 4.78 is 11.4. The smallest absolute Gasteiger partial charge is 0.257 e. The number of hydrogen-bond donors (Lipinski definition) is 1. The first-order valence-corrected chi connectivity index (χ1v) is 10.8. The number of fused-ring (bicyclic) bond motifs is 1. The lowest BCUT2D eigenvalue weighted by atomic mass is 10.2. The Morgan fingerprint density at radius 1 is 1.25 bits per heavy atom. The van der Waals surface area contributed by atoms with Crippen LogP contribution in [0.15, 0.2) is 63.2 Å². The first-order chi connectivity index (χ1) is 13.7. The van der Waals surface area contributed by atoms with Gasteiger partial charge >= 0.3 is 0 Å². The van der Waals surface area contributed by atoms with Gasteiger partial charge in [-0.05, 0) is 55.6 Å².